The summed E-state index contributed by atoms with van der Waals surface area (Å²) >= 11 is 0. The maximum absolute atomic E-state index is 12.9. The first kappa shape index (κ1) is 71.8. The van der Waals surface area contributed by atoms with Crippen LogP contribution in [0, 0.1) is 13.8 Å². The average molecular weight is 1540 g/mol. The minimum atomic E-state index is -3.49. The second-order valence-electron chi connectivity index (χ2n) is 26.4. The number of rotatable bonds is 5. The molecule has 5 aliphatic heterocycles. The zero-order valence-corrected chi connectivity index (χ0v) is 64.9. The van der Waals surface area contributed by atoms with Crippen molar-refractivity contribution in [3.05, 3.63) is 415 Å². The molecule has 0 fully saturated rings. The molecular formula is C95H75O6S7+5. The molecule has 0 atom stereocenters. The first-order chi connectivity index (χ1) is 52.8. The maximum atomic E-state index is 12.9. The van der Waals surface area contributed by atoms with E-state index >= 15 is 0 Å². The molecule has 0 saturated carbocycles. The lowest BCUT2D eigenvalue weighted by atomic mass is 10.0. The van der Waals surface area contributed by atoms with Gasteiger partial charge in [0.15, 0.2) is 73.4 Å². The first-order valence-corrected chi connectivity index (χ1v) is 44.7. The molecule has 0 unspecified atom stereocenters. The Hall–Kier alpha value is -10.5. The molecule has 0 aliphatic carbocycles. The van der Waals surface area contributed by atoms with Crippen LogP contribution >= 0.6 is 0 Å². The van der Waals surface area contributed by atoms with Crippen molar-refractivity contribution in [3.8, 4) is 11.5 Å². The summed E-state index contributed by atoms with van der Waals surface area (Å²) in [5, 5.41) is 19.1. The fourth-order valence-corrected chi connectivity index (χ4v) is 30.8. The average Bonchev–Trinajstić information content (AvgIpc) is 0.736. The zero-order chi connectivity index (χ0) is 73.9. The number of sulfone groups is 2. The summed E-state index contributed by atoms with van der Waals surface area (Å²) in [5.74, 6) is 0.518. The first-order valence-electron chi connectivity index (χ1n) is 35.6. The molecule has 5 aliphatic rings. The van der Waals surface area contributed by atoms with Gasteiger partial charge in [-0.2, -0.15) is 0 Å². The third kappa shape index (κ3) is 14.4. The van der Waals surface area contributed by atoms with E-state index in [9.17, 15) is 27.0 Å². The topological polar surface area (TPSA) is 109 Å². The van der Waals surface area contributed by atoms with Crippen LogP contribution in [0.2, 0.25) is 0 Å². The van der Waals surface area contributed by atoms with Crippen molar-refractivity contribution in [2.75, 3.05) is 0 Å². The molecule has 6 nitrogen and oxygen atoms in total. The summed E-state index contributed by atoms with van der Waals surface area (Å²) in [6.07, 6.45) is 3.12. The van der Waals surface area contributed by atoms with E-state index in [2.05, 4.69) is 238 Å². The fourth-order valence-electron chi connectivity index (χ4n) is 14.2. The van der Waals surface area contributed by atoms with Crippen LogP contribution in [0.4, 0.5) is 0 Å². The molecule has 0 amide bonds. The highest BCUT2D eigenvalue weighted by atomic mass is 32.2. The van der Waals surface area contributed by atoms with Gasteiger partial charge in [0, 0.05) is 52.6 Å². The molecule has 2 N–H and O–H groups in total. The molecule has 0 bridgehead atoms. The highest BCUT2D eigenvalue weighted by molar-refractivity contribution is 8.01. The minimum Gasteiger partial charge on any atom is -0.508 e. The lowest BCUT2D eigenvalue weighted by Gasteiger charge is -2.19. The van der Waals surface area contributed by atoms with E-state index in [0.717, 1.165) is 48.6 Å². The monoisotopic (exact) mass is 1540 g/mol. The van der Waals surface area contributed by atoms with Crippen LogP contribution < -0.4 is 0 Å². The number of aryl methyl sites for hydroxylation is 2. The molecule has 0 saturated heterocycles. The van der Waals surface area contributed by atoms with Gasteiger partial charge in [0.25, 0.3) is 0 Å². The van der Waals surface area contributed by atoms with Crippen LogP contribution in [-0.2, 0) is 93.4 Å². The van der Waals surface area contributed by atoms with Gasteiger partial charge in [-0.3, -0.25) is 0 Å². The number of hydrogen-bond acceptors (Lipinski definition) is 6. The number of hydrogen-bond donors (Lipinski definition) is 2. The van der Waals surface area contributed by atoms with Gasteiger partial charge in [-0.05, 0) is 184 Å². The zero-order valence-electron chi connectivity index (χ0n) is 59.2. The number of aromatic hydroxyl groups is 2. The van der Waals surface area contributed by atoms with Crippen LogP contribution in [0.3, 0.4) is 0 Å². The molecule has 0 aromatic heterocycles. The molecule has 108 heavy (non-hydrogen) atoms. The highest BCUT2D eigenvalue weighted by Crippen LogP contribution is 2.48. The Bertz CT molecular complexity index is 5480. The van der Waals surface area contributed by atoms with Crippen molar-refractivity contribution in [1.29, 1.82) is 0 Å². The number of phenolic OH excluding ortho intramolecular Hbond substituents is 2. The van der Waals surface area contributed by atoms with Gasteiger partial charge in [-0.25, -0.2) is 16.8 Å². The lowest BCUT2D eigenvalue weighted by molar-refractivity contribution is 0.474. The van der Waals surface area contributed by atoms with Crippen LogP contribution in [0.1, 0.15) is 44.5 Å². The normalized spacial score (nSPS) is 14.5. The van der Waals surface area contributed by atoms with Crippen molar-refractivity contribution >= 4 is 74.1 Å². The maximum Gasteiger partial charge on any atom is 0.216 e. The van der Waals surface area contributed by atoms with Gasteiger partial charge in [-0.1, -0.05) is 211 Å². The SMILES string of the molecule is Cc1ccc([S+]2c3ccccc3Cc3ccccc32)cc1.Cc1ccc([S+]2c3ccccc3S(=O)(=O)c3ccccc32)cc1.O=S1(=O)c2ccccc2[S+](c2ccc(O)cc2)c2ccccc21.Oc1ccc([S+]2c3ccccc3Cc3ccccc32)cc1.c1ccc([S+]2c3ccccc3Cc3ccccc32)cc1. The molecule has 5 heterocycles. The Balaban J connectivity index is 0.000000103. The van der Waals surface area contributed by atoms with Gasteiger partial charge in [0.05, 0.1) is 32.7 Å². The molecule has 528 valence electrons. The van der Waals surface area contributed by atoms with E-state index in [-0.39, 0.29) is 38.4 Å². The Morgan fingerprint density at radius 2 is 0.380 bits per heavy atom. The fraction of sp³-hybridized carbons (Fsp3) is 0.0526. The second-order valence-corrected chi connectivity index (χ2v) is 40.0. The lowest BCUT2D eigenvalue weighted by Crippen LogP contribution is -2.20. The molecule has 13 heteroatoms. The summed E-state index contributed by atoms with van der Waals surface area (Å²) < 4.78 is 51.6. The summed E-state index contributed by atoms with van der Waals surface area (Å²) in [6.45, 7) is 4.20. The van der Waals surface area contributed by atoms with E-state index < -0.39 is 41.5 Å². The summed E-state index contributed by atoms with van der Waals surface area (Å²) in [7, 11) is -7.83. The van der Waals surface area contributed by atoms with Crippen molar-refractivity contribution < 1.29 is 27.0 Å². The standard InChI is InChI=1S/C20H17S.C19H15O2S2.C19H14OS.C19H15S.C18H12O3S2/c1-15-10-12-18(13-11-15)21-19-8-4-2-6-16(19)14-17-7-3-5-9-20(17)21;1-14-10-12-15(13-11-14)22-16-6-2-4-8-18(16)23(20,21)19-9-5-3-7-17(19)22;20-16-9-11-17(12-10-16)21-18-7-3-1-5-14(18)13-15-6-2-4-8-19(15)21;1-2-10-17(11-3-1)20-18-12-6-4-8-15(18)14-16-9-5-7-13-19(16)20;19-13-9-11-14(12-10-13)22-15-5-1-3-7-17(15)23(20,21)18-8-4-2-6-16(18)22/h2-13H,14H2,1H3;2-13H,1H3;1-12H,13H2;1-13H,14H2;1-12H/q2*+1;;+1;/p+2. The van der Waals surface area contributed by atoms with E-state index in [1.807, 2.05) is 72.8 Å². The third-order valence-corrected chi connectivity index (χ3v) is 35.6. The molecular weight excluding hydrogens is 1460 g/mol. The Morgan fingerprint density at radius 3 is 0.620 bits per heavy atom. The third-order valence-electron chi connectivity index (χ3n) is 19.4. The number of fused-ring (bicyclic) bond motifs is 10. The quantitative estimate of drug-likeness (QED) is 0.166. The molecule has 0 radical (unpaired) electrons. The predicted molar refractivity (Wildman–Crippen MR) is 440 cm³/mol. The van der Waals surface area contributed by atoms with Crippen LogP contribution in [0.25, 0.3) is 0 Å². The molecule has 15 aromatic rings. The van der Waals surface area contributed by atoms with Gasteiger partial charge in [0.1, 0.15) is 52.9 Å². The van der Waals surface area contributed by atoms with E-state index in [1.165, 1.54) is 88.6 Å². The number of benzene rings is 15. The smallest absolute Gasteiger partial charge is 0.216 e. The predicted octanol–water partition coefficient (Wildman–Crippen LogP) is 21.9. The highest BCUT2D eigenvalue weighted by Gasteiger charge is 2.47. The number of phenols is 2. The Morgan fingerprint density at radius 1 is 0.204 bits per heavy atom. The van der Waals surface area contributed by atoms with Crippen LogP contribution in [0.15, 0.2) is 463 Å². The Labute approximate surface area is 647 Å². The van der Waals surface area contributed by atoms with Gasteiger partial charge < -0.3 is 10.2 Å². The molecule has 0 spiro atoms. The van der Waals surface area contributed by atoms with Crippen LogP contribution in [-0.4, -0.2) is 27.0 Å². The molecule has 20 rings (SSSR count). The Kier molecular flexibility index (Phi) is 20.9. The minimum absolute atomic E-state index is 0.0338. The van der Waals surface area contributed by atoms with Gasteiger partial charge >= 0.3 is 0 Å². The summed E-state index contributed by atoms with van der Waals surface area (Å²) in [6, 6.07) is 125. The second kappa shape index (κ2) is 31.4. The largest absolute Gasteiger partial charge is 0.508 e. The van der Waals surface area contributed by atoms with Crippen molar-refractivity contribution in [1.82, 2.24) is 0 Å². The van der Waals surface area contributed by atoms with Crippen molar-refractivity contribution in [3.63, 3.8) is 0 Å². The van der Waals surface area contributed by atoms with Gasteiger partial charge in [0.2, 0.25) is 19.7 Å². The summed E-state index contributed by atoms with van der Waals surface area (Å²) in [4.78, 5) is 19.9. The van der Waals surface area contributed by atoms with Gasteiger partial charge in [-0.15, -0.1) is 0 Å². The van der Waals surface area contributed by atoms with Crippen molar-refractivity contribution in [2.24, 2.45) is 0 Å². The van der Waals surface area contributed by atoms with E-state index in [0.29, 0.717) is 25.3 Å². The van der Waals surface area contributed by atoms with Crippen molar-refractivity contribution in [2.45, 2.75) is 126 Å². The molecule has 15 aromatic carbocycles. The van der Waals surface area contributed by atoms with E-state index in [1.54, 1.807) is 72.8 Å². The van der Waals surface area contributed by atoms with Crippen LogP contribution in [0.5, 0.6) is 11.5 Å². The summed E-state index contributed by atoms with van der Waals surface area (Å²) in [5.41, 5.74) is 11.2. The van der Waals surface area contributed by atoms with E-state index in [4.69, 9.17) is 0 Å².